The van der Waals surface area contributed by atoms with Gasteiger partial charge in [-0.15, -0.1) is 0 Å². The maximum atomic E-state index is 2.43. The fourth-order valence-electron chi connectivity index (χ4n) is 9.20. The van der Waals surface area contributed by atoms with Crippen molar-refractivity contribution in [3.8, 4) is 22.3 Å². The zero-order chi connectivity index (χ0) is 42.8. The van der Waals surface area contributed by atoms with Gasteiger partial charge in [0, 0.05) is 34.1 Å². The molecule has 0 amide bonds. The van der Waals surface area contributed by atoms with Crippen LogP contribution in [0.2, 0.25) is 0 Å². The molecular formula is C60H56N2. The second-order valence-electron chi connectivity index (χ2n) is 19.1. The zero-order valence-electron chi connectivity index (χ0n) is 36.9. The van der Waals surface area contributed by atoms with E-state index in [0.29, 0.717) is 0 Å². The van der Waals surface area contributed by atoms with Crippen LogP contribution in [0.1, 0.15) is 52.7 Å². The molecule has 0 atom stereocenters. The average Bonchev–Trinajstić information content (AvgIpc) is 3.26. The van der Waals surface area contributed by atoms with Crippen LogP contribution < -0.4 is 9.80 Å². The molecule has 0 saturated heterocycles. The highest BCUT2D eigenvalue weighted by Gasteiger charge is 2.23. The molecule has 9 rings (SSSR count). The molecule has 9 aromatic carbocycles. The summed E-state index contributed by atoms with van der Waals surface area (Å²) in [4.78, 5) is 4.84. The van der Waals surface area contributed by atoms with Crippen molar-refractivity contribution < 1.29 is 0 Å². The Hall–Kier alpha value is -6.90. The van der Waals surface area contributed by atoms with Gasteiger partial charge in [-0.3, -0.25) is 0 Å². The van der Waals surface area contributed by atoms with Gasteiger partial charge in [0.25, 0.3) is 0 Å². The van der Waals surface area contributed by atoms with E-state index in [1.807, 2.05) is 0 Å². The predicted molar refractivity (Wildman–Crippen MR) is 268 cm³/mol. The van der Waals surface area contributed by atoms with Crippen molar-refractivity contribution in [1.29, 1.82) is 0 Å². The smallest absolute Gasteiger partial charge is 0.0468 e. The highest BCUT2D eigenvalue weighted by atomic mass is 15.1. The summed E-state index contributed by atoms with van der Waals surface area (Å²) in [5.41, 5.74) is 14.7. The van der Waals surface area contributed by atoms with E-state index in [4.69, 9.17) is 0 Å². The third-order valence-corrected chi connectivity index (χ3v) is 11.6. The lowest BCUT2D eigenvalue weighted by atomic mass is 9.85. The summed E-state index contributed by atoms with van der Waals surface area (Å²) in [5, 5.41) is 4.87. The van der Waals surface area contributed by atoms with Crippen molar-refractivity contribution in [3.05, 3.63) is 217 Å². The minimum atomic E-state index is 0.174. The monoisotopic (exact) mass is 804 g/mol. The molecule has 0 bridgehead atoms. The van der Waals surface area contributed by atoms with Gasteiger partial charge in [-0.05, 0) is 151 Å². The summed E-state index contributed by atoms with van der Waals surface area (Å²) in [6.45, 7) is 13.9. The Labute approximate surface area is 368 Å². The van der Waals surface area contributed by atoms with Crippen LogP contribution in [0.3, 0.4) is 0 Å². The summed E-state index contributed by atoms with van der Waals surface area (Å²) >= 11 is 0. The van der Waals surface area contributed by atoms with E-state index in [2.05, 4.69) is 258 Å². The lowest BCUT2D eigenvalue weighted by Gasteiger charge is -2.29. The summed E-state index contributed by atoms with van der Waals surface area (Å²) in [7, 11) is 0. The van der Waals surface area contributed by atoms with E-state index < -0.39 is 0 Å². The summed E-state index contributed by atoms with van der Waals surface area (Å²) < 4.78 is 0. The van der Waals surface area contributed by atoms with Gasteiger partial charge in [0.05, 0.1) is 0 Å². The third-order valence-electron chi connectivity index (χ3n) is 11.6. The first-order valence-corrected chi connectivity index (χ1v) is 22.0. The summed E-state index contributed by atoms with van der Waals surface area (Å²) in [6, 6.07) is 75.9. The maximum absolute atomic E-state index is 2.43. The minimum Gasteiger partial charge on any atom is -0.310 e. The molecule has 0 spiro atoms. The van der Waals surface area contributed by atoms with E-state index in [-0.39, 0.29) is 10.8 Å². The molecule has 0 N–H and O–H groups in total. The lowest BCUT2D eigenvalue weighted by molar-refractivity contribution is 0.411. The number of fused-ring (bicyclic) bond motifs is 2. The first-order valence-electron chi connectivity index (χ1n) is 22.0. The molecule has 0 saturated carbocycles. The number of benzene rings is 9. The van der Waals surface area contributed by atoms with Gasteiger partial charge in [0.1, 0.15) is 0 Å². The minimum absolute atomic E-state index is 0.174. The Kier molecular flexibility index (Phi) is 11.0. The first-order chi connectivity index (χ1) is 30.0. The van der Waals surface area contributed by atoms with Crippen LogP contribution in [-0.4, -0.2) is 0 Å². The van der Waals surface area contributed by atoms with Crippen molar-refractivity contribution in [2.45, 2.75) is 54.4 Å². The van der Waals surface area contributed by atoms with Gasteiger partial charge >= 0.3 is 0 Å². The Morgan fingerprint density at radius 2 is 0.613 bits per heavy atom. The van der Waals surface area contributed by atoms with Gasteiger partial charge in [-0.2, -0.15) is 0 Å². The molecule has 0 aliphatic carbocycles. The van der Waals surface area contributed by atoms with Crippen molar-refractivity contribution in [2.24, 2.45) is 10.8 Å². The molecular weight excluding hydrogens is 749 g/mol. The van der Waals surface area contributed by atoms with Gasteiger partial charge in [-0.25, -0.2) is 0 Å². The van der Waals surface area contributed by atoms with Crippen LogP contribution in [-0.2, 0) is 12.8 Å². The highest BCUT2D eigenvalue weighted by molar-refractivity contribution is 6.22. The number of anilines is 6. The molecule has 0 radical (unpaired) electrons. The van der Waals surface area contributed by atoms with Crippen LogP contribution in [0.25, 0.3) is 43.8 Å². The Balaban J connectivity index is 1.32. The number of rotatable bonds is 10. The average molecular weight is 805 g/mol. The molecule has 2 heteroatoms. The molecule has 0 unspecified atom stereocenters. The first kappa shape index (κ1) is 40.5. The molecule has 0 aromatic heterocycles. The van der Waals surface area contributed by atoms with Crippen molar-refractivity contribution in [1.82, 2.24) is 0 Å². The van der Waals surface area contributed by atoms with Crippen molar-refractivity contribution in [2.75, 3.05) is 9.80 Å². The molecule has 306 valence electrons. The van der Waals surface area contributed by atoms with E-state index in [1.54, 1.807) is 0 Å². The van der Waals surface area contributed by atoms with Gasteiger partial charge in [0.2, 0.25) is 0 Å². The molecule has 0 aliphatic heterocycles. The SMILES string of the molecule is CC(C)(C)Cc1cccc(N(c2ccccc2)c2ccc3c(-c4ccccc4)c4cc(N(c5ccccc5)c5cccc(CC(C)(C)C)c5)ccc4c(-c4ccccc4)c3c2)c1. The van der Waals surface area contributed by atoms with E-state index >= 15 is 0 Å². The predicted octanol–water partition coefficient (Wildman–Crippen LogP) is 17.4. The Morgan fingerprint density at radius 1 is 0.290 bits per heavy atom. The quantitative estimate of drug-likeness (QED) is 0.127. The van der Waals surface area contributed by atoms with Crippen molar-refractivity contribution >= 4 is 55.7 Å². The normalized spacial score (nSPS) is 11.8. The number of nitrogens with zero attached hydrogens (tertiary/aromatic N) is 2. The standard InChI is InChI=1S/C60H56N2/c1-59(2,3)41-43-21-19-31-49(37-43)61(47-27-15-9-16-28-47)51-33-35-53-55(39-51)57(45-23-11-7-12-24-45)54-36-34-52(40-56(54)58(53)46-25-13-8-14-26-46)62(48-29-17-10-18-30-48)50-32-20-22-44(38-50)42-60(4,5)6/h7-40H,41-42H2,1-6H3. The number of para-hydroxylation sites is 2. The van der Waals surface area contributed by atoms with E-state index in [0.717, 1.165) is 47.0 Å². The van der Waals surface area contributed by atoms with Gasteiger partial charge < -0.3 is 9.80 Å². The van der Waals surface area contributed by atoms with Gasteiger partial charge in [-0.1, -0.05) is 175 Å². The molecule has 0 heterocycles. The van der Waals surface area contributed by atoms with E-state index in [9.17, 15) is 0 Å². The highest BCUT2D eigenvalue weighted by Crippen LogP contribution is 2.48. The van der Waals surface area contributed by atoms with Gasteiger partial charge in [0.15, 0.2) is 0 Å². The fourth-order valence-corrected chi connectivity index (χ4v) is 9.20. The molecule has 62 heavy (non-hydrogen) atoms. The topological polar surface area (TPSA) is 6.48 Å². The Bertz CT molecular complexity index is 2750. The molecule has 9 aromatic rings. The van der Waals surface area contributed by atoms with Crippen LogP contribution in [0, 0.1) is 10.8 Å². The Morgan fingerprint density at radius 3 is 0.968 bits per heavy atom. The van der Waals surface area contributed by atoms with Crippen LogP contribution in [0.15, 0.2) is 206 Å². The summed E-state index contributed by atoms with van der Waals surface area (Å²) in [5.74, 6) is 0. The second-order valence-corrected chi connectivity index (χ2v) is 19.1. The number of hydrogen-bond acceptors (Lipinski definition) is 2. The molecule has 2 nitrogen and oxygen atoms in total. The van der Waals surface area contributed by atoms with Crippen LogP contribution in [0.4, 0.5) is 34.1 Å². The van der Waals surface area contributed by atoms with Crippen LogP contribution in [0.5, 0.6) is 0 Å². The second kappa shape index (κ2) is 16.9. The fraction of sp³-hybridized carbons (Fsp3) is 0.167. The van der Waals surface area contributed by atoms with E-state index in [1.165, 1.54) is 54.9 Å². The zero-order valence-corrected chi connectivity index (χ0v) is 36.9. The largest absolute Gasteiger partial charge is 0.310 e. The lowest BCUT2D eigenvalue weighted by Crippen LogP contribution is -2.12. The molecule has 0 aliphatic rings. The summed E-state index contributed by atoms with van der Waals surface area (Å²) in [6.07, 6.45) is 2.00. The van der Waals surface area contributed by atoms with Crippen molar-refractivity contribution in [3.63, 3.8) is 0 Å². The van der Waals surface area contributed by atoms with Crippen LogP contribution >= 0.6 is 0 Å². The maximum Gasteiger partial charge on any atom is 0.0468 e. The third kappa shape index (κ3) is 8.65. The molecule has 0 fully saturated rings. The number of hydrogen-bond donors (Lipinski definition) is 0.